The minimum Gasteiger partial charge on any atom is -0.476 e. The van der Waals surface area contributed by atoms with Crippen molar-refractivity contribution in [1.29, 1.82) is 0 Å². The summed E-state index contributed by atoms with van der Waals surface area (Å²) in [7, 11) is 1.84. The van der Waals surface area contributed by atoms with Crippen molar-refractivity contribution >= 4 is 11.8 Å². The van der Waals surface area contributed by atoms with Crippen LogP contribution in [0.5, 0.6) is 0 Å². The first kappa shape index (κ1) is 12.1. The van der Waals surface area contributed by atoms with Crippen molar-refractivity contribution in [3.63, 3.8) is 0 Å². The third-order valence-electron chi connectivity index (χ3n) is 2.45. The Morgan fingerprint density at radius 3 is 2.61 bits per heavy atom. The summed E-state index contributed by atoms with van der Waals surface area (Å²) in [6, 6.07) is 6.83. The third-order valence-corrected chi connectivity index (χ3v) is 2.45. The summed E-state index contributed by atoms with van der Waals surface area (Å²) in [5, 5.41) is 16.2. The maximum atomic E-state index is 10.6. The topological polar surface area (TPSA) is 79.5 Å². The van der Waals surface area contributed by atoms with Crippen molar-refractivity contribution in [2.45, 2.75) is 13.5 Å². The number of aromatic nitrogens is 2. The minimum absolute atomic E-state index is 0.0685. The molecule has 0 spiro atoms. The summed E-state index contributed by atoms with van der Waals surface area (Å²) >= 11 is 0. The Morgan fingerprint density at radius 1 is 1.33 bits per heavy atom. The van der Waals surface area contributed by atoms with Gasteiger partial charge in [-0.3, -0.25) is 0 Å². The van der Waals surface area contributed by atoms with Crippen molar-refractivity contribution in [3.8, 4) is 0 Å². The lowest BCUT2D eigenvalue weighted by Crippen LogP contribution is -2.18. The van der Waals surface area contributed by atoms with E-state index in [1.54, 1.807) is 6.07 Å². The van der Waals surface area contributed by atoms with Crippen LogP contribution in [-0.2, 0) is 6.54 Å². The highest BCUT2D eigenvalue weighted by Gasteiger charge is 2.09. The fraction of sp³-hybridized carbons (Fsp3) is 0.250. The summed E-state index contributed by atoms with van der Waals surface area (Å²) < 4.78 is 5.45. The molecule has 2 rings (SSSR count). The van der Waals surface area contributed by atoms with E-state index in [4.69, 9.17) is 9.52 Å². The Kier molecular flexibility index (Phi) is 3.27. The summed E-state index contributed by atoms with van der Waals surface area (Å²) in [6.07, 6.45) is 0. The monoisotopic (exact) mass is 247 g/mol. The summed E-state index contributed by atoms with van der Waals surface area (Å²) in [4.78, 5) is 12.5. The van der Waals surface area contributed by atoms with Gasteiger partial charge in [-0.15, -0.1) is 10.2 Å². The van der Waals surface area contributed by atoms with Crippen LogP contribution >= 0.6 is 0 Å². The first-order valence-electron chi connectivity index (χ1n) is 5.40. The Hall–Kier alpha value is -2.37. The van der Waals surface area contributed by atoms with Gasteiger partial charge < -0.3 is 14.4 Å². The van der Waals surface area contributed by atoms with E-state index in [2.05, 4.69) is 10.2 Å². The molecule has 0 aliphatic heterocycles. The number of anilines is 1. The van der Waals surface area contributed by atoms with Gasteiger partial charge in [0.25, 0.3) is 0 Å². The molecule has 0 amide bonds. The summed E-state index contributed by atoms with van der Waals surface area (Å²) in [5.74, 6) is 1.18. The zero-order chi connectivity index (χ0) is 13.1. The lowest BCUT2D eigenvalue weighted by atomic mass is 10.3. The van der Waals surface area contributed by atoms with Gasteiger partial charge in [0, 0.05) is 7.05 Å². The molecule has 6 nitrogen and oxygen atoms in total. The van der Waals surface area contributed by atoms with Crippen molar-refractivity contribution in [1.82, 2.24) is 10.2 Å². The summed E-state index contributed by atoms with van der Waals surface area (Å²) in [5.41, 5.74) is -0.0685. The predicted octanol–water partition coefficient (Wildman–Crippen LogP) is 1.71. The number of aryl methyl sites for hydroxylation is 1. The van der Waals surface area contributed by atoms with Gasteiger partial charge in [-0.1, -0.05) is 0 Å². The number of hydrogen-bond donors (Lipinski definition) is 1. The SMILES string of the molecule is Cc1ccc(CN(C)c2ccc(C(=O)O)nn2)o1. The van der Waals surface area contributed by atoms with Crippen LogP contribution in [-0.4, -0.2) is 28.3 Å². The van der Waals surface area contributed by atoms with Crippen LogP contribution in [0, 0.1) is 6.92 Å². The second kappa shape index (κ2) is 4.87. The molecule has 18 heavy (non-hydrogen) atoms. The molecule has 0 aliphatic rings. The third kappa shape index (κ3) is 2.65. The molecule has 0 aromatic carbocycles. The Labute approximate surface area is 104 Å². The molecule has 1 N–H and O–H groups in total. The minimum atomic E-state index is -1.08. The predicted molar refractivity (Wildman–Crippen MR) is 64.5 cm³/mol. The Bertz CT molecular complexity index is 548. The number of carboxylic acids is 1. The molecule has 0 unspecified atom stereocenters. The van der Waals surface area contributed by atoms with Crippen LogP contribution in [0.2, 0.25) is 0 Å². The largest absolute Gasteiger partial charge is 0.476 e. The number of hydrogen-bond acceptors (Lipinski definition) is 5. The zero-order valence-electron chi connectivity index (χ0n) is 10.1. The number of aromatic carboxylic acids is 1. The number of furan rings is 1. The van der Waals surface area contributed by atoms with Crippen molar-refractivity contribution < 1.29 is 14.3 Å². The molecule has 2 aromatic heterocycles. The first-order valence-corrected chi connectivity index (χ1v) is 5.40. The average molecular weight is 247 g/mol. The molecule has 0 bridgehead atoms. The van der Waals surface area contributed by atoms with E-state index in [1.165, 1.54) is 6.07 Å². The molecule has 0 fully saturated rings. The van der Waals surface area contributed by atoms with Crippen LogP contribution in [0.15, 0.2) is 28.7 Å². The molecule has 6 heteroatoms. The van der Waals surface area contributed by atoms with Crippen molar-refractivity contribution in [2.75, 3.05) is 11.9 Å². The van der Waals surface area contributed by atoms with E-state index in [0.717, 1.165) is 11.5 Å². The van der Waals surface area contributed by atoms with Gasteiger partial charge in [0.15, 0.2) is 11.5 Å². The van der Waals surface area contributed by atoms with E-state index < -0.39 is 5.97 Å². The number of carbonyl (C=O) groups is 1. The number of nitrogens with zero attached hydrogens (tertiary/aromatic N) is 3. The normalized spacial score (nSPS) is 10.3. The van der Waals surface area contributed by atoms with Crippen LogP contribution < -0.4 is 4.90 Å². The highest BCUT2D eigenvalue weighted by Crippen LogP contribution is 2.13. The lowest BCUT2D eigenvalue weighted by molar-refractivity contribution is 0.0689. The van der Waals surface area contributed by atoms with E-state index in [-0.39, 0.29) is 5.69 Å². The standard InChI is InChI=1S/C12H13N3O3/c1-8-3-4-9(18-8)7-15(2)11-6-5-10(12(16)17)13-14-11/h3-6H,7H2,1-2H3,(H,16,17). The first-order chi connectivity index (χ1) is 8.56. The molecule has 2 heterocycles. The van der Waals surface area contributed by atoms with E-state index in [9.17, 15) is 4.79 Å². The van der Waals surface area contributed by atoms with E-state index in [0.29, 0.717) is 12.4 Å². The van der Waals surface area contributed by atoms with Crippen molar-refractivity contribution in [3.05, 3.63) is 41.5 Å². The smallest absolute Gasteiger partial charge is 0.356 e. The van der Waals surface area contributed by atoms with Gasteiger partial charge in [0.2, 0.25) is 0 Å². The van der Waals surface area contributed by atoms with Gasteiger partial charge in [-0.25, -0.2) is 4.79 Å². The Morgan fingerprint density at radius 2 is 2.11 bits per heavy atom. The molecular formula is C12H13N3O3. The molecule has 0 atom stereocenters. The van der Waals surface area contributed by atoms with Gasteiger partial charge >= 0.3 is 5.97 Å². The van der Waals surface area contributed by atoms with Crippen LogP contribution in [0.4, 0.5) is 5.82 Å². The highest BCUT2D eigenvalue weighted by molar-refractivity contribution is 5.85. The van der Waals surface area contributed by atoms with Crippen LogP contribution in [0.25, 0.3) is 0 Å². The maximum Gasteiger partial charge on any atom is 0.356 e. The summed E-state index contributed by atoms with van der Waals surface area (Å²) in [6.45, 7) is 2.43. The van der Waals surface area contributed by atoms with Crippen LogP contribution in [0.1, 0.15) is 22.0 Å². The van der Waals surface area contributed by atoms with Gasteiger partial charge in [0.1, 0.15) is 11.5 Å². The van der Waals surface area contributed by atoms with Gasteiger partial charge in [-0.05, 0) is 31.2 Å². The molecule has 0 saturated heterocycles. The average Bonchev–Trinajstić information content (AvgIpc) is 2.75. The highest BCUT2D eigenvalue weighted by atomic mass is 16.4. The molecule has 94 valence electrons. The molecular weight excluding hydrogens is 234 g/mol. The second-order valence-corrected chi connectivity index (χ2v) is 3.95. The molecule has 0 aliphatic carbocycles. The van der Waals surface area contributed by atoms with E-state index in [1.807, 2.05) is 31.0 Å². The van der Waals surface area contributed by atoms with E-state index >= 15 is 0 Å². The molecule has 2 aromatic rings. The number of rotatable bonds is 4. The van der Waals surface area contributed by atoms with Crippen molar-refractivity contribution in [2.24, 2.45) is 0 Å². The number of carboxylic acid groups (broad SMARTS) is 1. The van der Waals surface area contributed by atoms with Gasteiger partial charge in [0.05, 0.1) is 6.54 Å². The molecule has 0 radical (unpaired) electrons. The fourth-order valence-corrected chi connectivity index (χ4v) is 1.53. The van der Waals surface area contributed by atoms with Crippen LogP contribution in [0.3, 0.4) is 0 Å². The van der Waals surface area contributed by atoms with Gasteiger partial charge in [-0.2, -0.15) is 0 Å². The quantitative estimate of drug-likeness (QED) is 0.886. The fourth-order valence-electron chi connectivity index (χ4n) is 1.53. The second-order valence-electron chi connectivity index (χ2n) is 3.95. The maximum absolute atomic E-state index is 10.6. The Balaban J connectivity index is 2.09. The zero-order valence-corrected chi connectivity index (χ0v) is 10.1. The molecule has 0 saturated carbocycles. The lowest BCUT2D eigenvalue weighted by Gasteiger charge is -2.15.